The molecule has 26 heteroatoms. The van der Waals surface area contributed by atoms with E-state index >= 15 is 14.4 Å². The predicted molar refractivity (Wildman–Crippen MR) is 375 cm³/mol. The molecule has 2 saturated carbocycles. The minimum Gasteiger partial charge on any atom is -0.342 e. The van der Waals surface area contributed by atoms with Gasteiger partial charge in [-0.2, -0.15) is 0 Å². The number of hydrogen-bond donors (Lipinski definition) is 4. The minimum atomic E-state index is -1.67. The van der Waals surface area contributed by atoms with Gasteiger partial charge >= 0.3 is 0 Å². The molecule has 0 bridgehead atoms. The summed E-state index contributed by atoms with van der Waals surface area (Å²) in [4.78, 5) is 188. The van der Waals surface area contributed by atoms with Crippen LogP contribution < -0.4 is 21.3 Å². The van der Waals surface area contributed by atoms with E-state index in [9.17, 15) is 43.2 Å². The Morgan fingerprint density at radius 2 is 1.18 bits per heavy atom. The van der Waals surface area contributed by atoms with Crippen molar-refractivity contribution >= 4 is 105 Å². The molecular formula is C69H118ClIN12O12. The van der Waals surface area contributed by atoms with Crippen molar-refractivity contribution in [2.24, 2.45) is 29.6 Å². The molecule has 0 aromatic heterocycles. The van der Waals surface area contributed by atoms with Gasteiger partial charge in [0.2, 0.25) is 70.9 Å². The highest BCUT2D eigenvalue weighted by Crippen LogP contribution is 2.36. The monoisotopic (exact) mass is 1470 g/mol. The molecular weight excluding hydrogens is 1350 g/mol. The summed E-state index contributed by atoms with van der Waals surface area (Å²) in [5.41, 5.74) is -3.28. The largest absolute Gasteiger partial charge is 0.342 e. The quantitative estimate of drug-likeness (QED) is 0.120. The van der Waals surface area contributed by atoms with Crippen molar-refractivity contribution in [3.05, 3.63) is 0 Å². The van der Waals surface area contributed by atoms with Gasteiger partial charge in [-0.1, -0.05) is 103 Å². The van der Waals surface area contributed by atoms with Crippen molar-refractivity contribution in [2.75, 3.05) is 82.1 Å². The van der Waals surface area contributed by atoms with Crippen LogP contribution >= 0.6 is 34.2 Å². The van der Waals surface area contributed by atoms with Crippen molar-refractivity contribution in [2.45, 2.75) is 254 Å². The van der Waals surface area contributed by atoms with E-state index in [0.29, 0.717) is 74.8 Å². The smallest absolute Gasteiger partial charge is 0.246 e. The molecule has 0 spiro atoms. The molecule has 2 aliphatic carbocycles. The van der Waals surface area contributed by atoms with Crippen LogP contribution in [0.4, 0.5) is 0 Å². The van der Waals surface area contributed by atoms with Gasteiger partial charge in [-0.05, 0) is 140 Å². The predicted octanol–water partition coefficient (Wildman–Crippen LogP) is 5.73. The first kappa shape index (κ1) is 82.1. The van der Waals surface area contributed by atoms with Crippen molar-refractivity contribution < 1.29 is 57.5 Å². The molecule has 2 saturated heterocycles. The van der Waals surface area contributed by atoms with Gasteiger partial charge < -0.3 is 60.5 Å². The van der Waals surface area contributed by atoms with Gasteiger partial charge in [0, 0.05) is 71.7 Å². The van der Waals surface area contributed by atoms with E-state index in [2.05, 4.69) is 43.9 Å². The number of nitrogens with one attached hydrogen (secondary N) is 4. The Morgan fingerprint density at radius 1 is 0.600 bits per heavy atom. The average Bonchev–Trinajstić information content (AvgIpc) is 0.976. The molecule has 0 radical (unpaired) electrons. The molecule has 2 heterocycles. The highest BCUT2D eigenvalue weighted by atomic mass is 127. The molecule has 2 aliphatic heterocycles. The van der Waals surface area contributed by atoms with Crippen LogP contribution in [0.1, 0.15) is 198 Å². The topological polar surface area (TPSA) is 279 Å². The molecule has 540 valence electrons. The second-order valence-corrected chi connectivity index (χ2v) is 32.0. The van der Waals surface area contributed by atoms with Gasteiger partial charge in [0.1, 0.15) is 47.3 Å². The first-order valence-corrected chi connectivity index (χ1v) is 36.7. The number of unbranched alkanes of at least 4 members (excludes halogenated alkanes) is 1. The maximum absolute atomic E-state index is 15.2. The van der Waals surface area contributed by atoms with Crippen LogP contribution in [-0.4, -0.2) is 249 Å². The van der Waals surface area contributed by atoms with Gasteiger partial charge in [-0.15, -0.1) is 11.6 Å². The molecule has 4 fully saturated rings. The fraction of sp³-hybridized carbons (Fsp3) is 0.826. The number of halogens is 2. The van der Waals surface area contributed by atoms with Crippen LogP contribution in [0.2, 0.25) is 0 Å². The van der Waals surface area contributed by atoms with Crippen LogP contribution in [0.3, 0.4) is 0 Å². The number of likely N-dealkylation sites (N-methyl/N-ethyl adjacent to an activating group) is 7. The molecule has 12 amide bonds. The Bertz CT molecular complexity index is 2670. The SMILES string of the molecule is CCCC[C@@H]1NC(=O)[C@](C)(CC2CCCC(I)C2)NC(=O)CN(C)C(=O)[C@H](CC2CCC(Cl)CC2)N(C)C(=O)CN(C)C(=O)CN(C)C(=O)[C@H]([C@@H](C)CC)NC(=O)[C@H](CC(C)C)N(C)C(=O)C[C@@H](C(=O)N2CCCCC2)N(C)C(=O)[C@H](CC(C)C)NC(=O)C(C)(C)N(C)C1=O. The molecule has 0 aromatic carbocycles. The summed E-state index contributed by atoms with van der Waals surface area (Å²) in [7, 11) is 10.1. The maximum Gasteiger partial charge on any atom is 0.246 e. The second-order valence-electron chi connectivity index (χ2n) is 29.6. The number of amides is 12. The number of alkyl halides is 2. The molecule has 0 aromatic rings. The van der Waals surface area contributed by atoms with Crippen molar-refractivity contribution in [1.82, 2.24) is 60.5 Å². The van der Waals surface area contributed by atoms with Gasteiger partial charge in [0.05, 0.1) is 26.1 Å². The third kappa shape index (κ3) is 23.4. The molecule has 4 N–H and O–H groups in total. The number of rotatable bonds is 14. The van der Waals surface area contributed by atoms with Crippen molar-refractivity contribution in [1.29, 1.82) is 0 Å². The summed E-state index contributed by atoms with van der Waals surface area (Å²) < 4.78 is 0.327. The summed E-state index contributed by atoms with van der Waals surface area (Å²) in [6, 6.07) is -7.25. The van der Waals surface area contributed by atoms with E-state index in [1.54, 1.807) is 18.7 Å². The summed E-state index contributed by atoms with van der Waals surface area (Å²) in [5, 5.41) is 11.8. The molecule has 10 atom stereocenters. The Kier molecular flexibility index (Phi) is 32.5. The van der Waals surface area contributed by atoms with Crippen LogP contribution in [0.5, 0.6) is 0 Å². The van der Waals surface area contributed by atoms with Crippen molar-refractivity contribution in [3.63, 3.8) is 0 Å². The molecule has 4 aliphatic rings. The van der Waals surface area contributed by atoms with Crippen LogP contribution in [0, 0.1) is 29.6 Å². The van der Waals surface area contributed by atoms with Gasteiger partial charge in [-0.3, -0.25) is 57.5 Å². The van der Waals surface area contributed by atoms with Gasteiger partial charge in [0.15, 0.2) is 0 Å². The normalized spacial score (nSPS) is 29.8. The summed E-state index contributed by atoms with van der Waals surface area (Å²) in [5.74, 6) is -8.22. The third-order valence-corrected chi connectivity index (χ3v) is 21.9. The fourth-order valence-corrected chi connectivity index (χ4v) is 14.9. The standard InChI is InChI=1S/C69H118ClIN12O12/c1-18-20-27-50-62(90)82(17)68(8,9)66(94)73-51(34-43(3)4)61(89)81(16)54(64(92)83-32-22-21-23-33-83)38-56(85)79(14)52(35-44(5)6)60(88)74-59(45(7)19-2)65(93)78(13)41-57(86)76(11)42-58(87)80(15)53(37-46-28-30-48(70)31-29-46)63(91)77(12)40-55(84)75-69(10,67(95)72-50)39-47-25-24-26-49(71)36-47/h43-54,59H,18-42H2,1-17H3,(H,72,95)(H,73,94)(H,74,88)(H,75,84)/t45-,46?,47?,48?,49?,50-,51-,52-,53-,54-,59-,69-/m0/s1. The van der Waals surface area contributed by atoms with E-state index < -0.39 is 150 Å². The van der Waals surface area contributed by atoms with Crippen LogP contribution in [0.25, 0.3) is 0 Å². The highest BCUT2D eigenvalue weighted by molar-refractivity contribution is 14.1. The molecule has 24 nitrogen and oxygen atoms in total. The number of nitrogens with zero attached hydrogens (tertiary/aromatic N) is 8. The zero-order chi connectivity index (χ0) is 71.6. The number of carbonyl (C=O) groups is 12. The average molecular weight is 1470 g/mol. The highest BCUT2D eigenvalue weighted by Gasteiger charge is 2.46. The number of piperidine rings is 1. The Hall–Kier alpha value is -5.34. The van der Waals surface area contributed by atoms with Crippen LogP contribution in [-0.2, 0) is 57.5 Å². The minimum absolute atomic E-state index is 0.00582. The van der Waals surface area contributed by atoms with Gasteiger partial charge in [0.25, 0.3) is 0 Å². The first-order valence-electron chi connectivity index (χ1n) is 35.0. The summed E-state index contributed by atoms with van der Waals surface area (Å²) in [6.07, 6.45) is 10.5. The summed E-state index contributed by atoms with van der Waals surface area (Å²) >= 11 is 8.94. The number of hydrogen-bond acceptors (Lipinski definition) is 12. The van der Waals surface area contributed by atoms with Crippen LogP contribution in [0.15, 0.2) is 0 Å². The maximum atomic E-state index is 15.2. The summed E-state index contributed by atoms with van der Waals surface area (Å²) in [6.45, 7) is 17.0. The molecule has 2 unspecified atom stereocenters. The Morgan fingerprint density at radius 3 is 1.76 bits per heavy atom. The lowest BCUT2D eigenvalue weighted by molar-refractivity contribution is -0.152. The Labute approximate surface area is 585 Å². The lowest BCUT2D eigenvalue weighted by Gasteiger charge is -2.40. The van der Waals surface area contributed by atoms with E-state index in [0.717, 1.165) is 37.0 Å². The van der Waals surface area contributed by atoms with Crippen molar-refractivity contribution in [3.8, 4) is 0 Å². The number of carbonyl (C=O) groups excluding carboxylic acids is 12. The first-order chi connectivity index (χ1) is 44.4. The lowest BCUT2D eigenvalue weighted by atomic mass is 9.79. The zero-order valence-electron chi connectivity index (χ0n) is 60.4. The molecule has 4 rings (SSSR count). The van der Waals surface area contributed by atoms with E-state index in [1.807, 2.05) is 41.5 Å². The zero-order valence-corrected chi connectivity index (χ0v) is 63.3. The second kappa shape index (κ2) is 37.6. The van der Waals surface area contributed by atoms with E-state index in [-0.39, 0.29) is 61.2 Å². The third-order valence-electron chi connectivity index (χ3n) is 20.4. The van der Waals surface area contributed by atoms with E-state index in [1.165, 1.54) is 92.6 Å². The lowest BCUT2D eigenvalue weighted by Crippen LogP contribution is -2.65. The number of likely N-dealkylation sites (tertiary alicyclic amines) is 1. The molecule has 95 heavy (non-hydrogen) atoms. The van der Waals surface area contributed by atoms with E-state index in [4.69, 9.17) is 11.6 Å². The fourth-order valence-electron chi connectivity index (χ4n) is 13.5. The Balaban J connectivity index is 1.88. The van der Waals surface area contributed by atoms with Gasteiger partial charge in [-0.25, -0.2) is 0 Å².